The van der Waals surface area contributed by atoms with Gasteiger partial charge in [-0.25, -0.2) is 0 Å². The molecule has 0 fully saturated rings. The van der Waals surface area contributed by atoms with E-state index in [-0.39, 0.29) is 5.54 Å². The summed E-state index contributed by atoms with van der Waals surface area (Å²) < 4.78 is 2.46. The molecule has 33 heavy (non-hydrogen) atoms. The van der Waals surface area contributed by atoms with Crippen molar-refractivity contribution < 1.29 is 0 Å². The van der Waals surface area contributed by atoms with E-state index in [1.54, 1.807) is 0 Å². The lowest BCUT2D eigenvalue weighted by atomic mass is 9.99. The van der Waals surface area contributed by atoms with E-state index in [1.165, 1.54) is 44.3 Å². The molecule has 0 atom stereocenters. The van der Waals surface area contributed by atoms with Crippen LogP contribution in [0, 0.1) is 0 Å². The topological polar surface area (TPSA) is 8.17 Å². The first-order chi connectivity index (χ1) is 15.8. The fourth-order valence-corrected chi connectivity index (χ4v) is 5.06. The predicted octanol–water partition coefficient (Wildman–Crippen LogP) is 8.98. The maximum Gasteiger partial charge on any atom is 0.0500 e. The first-order valence-corrected chi connectivity index (χ1v) is 11.8. The summed E-state index contributed by atoms with van der Waals surface area (Å²) in [6, 6.07) is 35.6. The van der Waals surface area contributed by atoms with E-state index in [0.717, 1.165) is 0 Å². The third kappa shape index (κ3) is 3.80. The van der Waals surface area contributed by atoms with E-state index in [2.05, 4.69) is 141 Å². The Hall–Kier alpha value is -3.52. The molecule has 166 valence electrons. The first kappa shape index (κ1) is 21.3. The molecule has 0 aliphatic carbocycles. The van der Waals surface area contributed by atoms with Crippen LogP contribution in [0.3, 0.4) is 0 Å². The second kappa shape index (κ2) is 8.12. The molecule has 0 aliphatic heterocycles. The van der Waals surface area contributed by atoms with Gasteiger partial charge >= 0.3 is 0 Å². The Kier molecular flexibility index (Phi) is 5.25. The summed E-state index contributed by atoms with van der Waals surface area (Å²) in [5.41, 5.74) is 7.44. The Bertz CT molecular complexity index is 1420. The van der Waals surface area contributed by atoms with E-state index in [1.807, 2.05) is 0 Å². The van der Waals surface area contributed by atoms with E-state index in [4.69, 9.17) is 0 Å². The van der Waals surface area contributed by atoms with Crippen LogP contribution in [-0.4, -0.2) is 10.1 Å². The quantitative estimate of drug-likeness (QED) is 0.275. The van der Waals surface area contributed by atoms with Gasteiger partial charge in [0.2, 0.25) is 0 Å². The van der Waals surface area contributed by atoms with Crippen molar-refractivity contribution in [1.82, 2.24) is 4.57 Å². The smallest absolute Gasteiger partial charge is 0.0500 e. The number of rotatable bonds is 4. The normalized spacial score (nSPS) is 12.1. The average molecular weight is 433 g/mol. The molecule has 0 bridgehead atoms. The molecule has 2 nitrogen and oxygen atoms in total. The Morgan fingerprint density at radius 1 is 0.606 bits per heavy atom. The number of aromatic nitrogens is 1. The van der Waals surface area contributed by atoms with E-state index in [9.17, 15) is 0 Å². The summed E-state index contributed by atoms with van der Waals surface area (Å²) >= 11 is 0. The maximum atomic E-state index is 2.46. The zero-order valence-electron chi connectivity index (χ0n) is 20.2. The van der Waals surface area contributed by atoms with Crippen molar-refractivity contribution in [2.75, 3.05) is 4.90 Å². The predicted molar refractivity (Wildman–Crippen MR) is 144 cm³/mol. The standard InChI is InChI=1S/C31H32N2/c1-22(2)32-29-17-10-9-16-27(29)28-19-18-24(21-30(28)32)23-12-11-15-26(20-23)33(31(3,4)5)25-13-7-6-8-14-25/h6-22H,1-5H3. The van der Waals surface area contributed by atoms with Gasteiger partial charge in [-0.1, -0.05) is 60.7 Å². The van der Waals surface area contributed by atoms with Crippen LogP contribution in [0.5, 0.6) is 0 Å². The lowest BCUT2D eigenvalue weighted by molar-refractivity contribution is 0.560. The Labute approximate surface area is 197 Å². The van der Waals surface area contributed by atoms with E-state index >= 15 is 0 Å². The minimum absolute atomic E-state index is 0.0476. The van der Waals surface area contributed by atoms with Gasteiger partial charge in [-0.05, 0) is 82.1 Å². The summed E-state index contributed by atoms with van der Waals surface area (Å²) in [7, 11) is 0. The molecule has 0 aliphatic rings. The third-order valence-corrected chi connectivity index (χ3v) is 6.35. The number of nitrogens with zero attached hydrogens (tertiary/aromatic N) is 2. The van der Waals surface area contributed by atoms with Gasteiger partial charge in [0, 0.05) is 44.8 Å². The van der Waals surface area contributed by atoms with E-state index in [0.29, 0.717) is 6.04 Å². The minimum atomic E-state index is -0.0476. The van der Waals surface area contributed by atoms with Gasteiger partial charge < -0.3 is 9.47 Å². The van der Waals surface area contributed by atoms with Gasteiger partial charge in [0.15, 0.2) is 0 Å². The SMILES string of the molecule is CC(C)n1c2ccccc2c2ccc(-c3cccc(N(c4ccccc4)C(C)(C)C)c3)cc21. The Balaban J connectivity index is 1.66. The monoisotopic (exact) mass is 432 g/mol. The molecule has 1 heterocycles. The van der Waals surface area contributed by atoms with Crippen molar-refractivity contribution in [1.29, 1.82) is 0 Å². The van der Waals surface area contributed by atoms with Gasteiger partial charge in [0.25, 0.3) is 0 Å². The second-order valence-electron chi connectivity index (χ2n) is 10.1. The van der Waals surface area contributed by atoms with Gasteiger partial charge in [-0.15, -0.1) is 0 Å². The van der Waals surface area contributed by atoms with Crippen LogP contribution in [0.1, 0.15) is 40.7 Å². The first-order valence-electron chi connectivity index (χ1n) is 11.8. The summed E-state index contributed by atoms with van der Waals surface area (Å²) in [4.78, 5) is 2.42. The molecule has 0 saturated carbocycles. The number of para-hydroxylation sites is 2. The fourth-order valence-electron chi connectivity index (χ4n) is 5.06. The summed E-state index contributed by atoms with van der Waals surface area (Å²) in [6.45, 7) is 11.3. The number of anilines is 2. The van der Waals surface area contributed by atoms with Crippen molar-refractivity contribution in [2.45, 2.75) is 46.2 Å². The van der Waals surface area contributed by atoms with Crippen molar-refractivity contribution >= 4 is 33.2 Å². The van der Waals surface area contributed by atoms with Crippen molar-refractivity contribution in [3.8, 4) is 11.1 Å². The molecule has 2 heteroatoms. The van der Waals surface area contributed by atoms with Crippen LogP contribution < -0.4 is 4.90 Å². The Morgan fingerprint density at radius 2 is 1.24 bits per heavy atom. The lowest BCUT2D eigenvalue weighted by Crippen LogP contribution is -2.37. The highest BCUT2D eigenvalue weighted by Crippen LogP contribution is 2.38. The van der Waals surface area contributed by atoms with Crippen molar-refractivity contribution in [3.05, 3.63) is 97.1 Å². The molecular formula is C31H32N2. The molecule has 0 N–H and O–H groups in total. The van der Waals surface area contributed by atoms with Crippen LogP contribution in [0.15, 0.2) is 97.1 Å². The maximum absolute atomic E-state index is 2.46. The summed E-state index contributed by atoms with van der Waals surface area (Å²) in [5, 5.41) is 2.64. The van der Waals surface area contributed by atoms with Gasteiger partial charge in [-0.3, -0.25) is 0 Å². The molecule has 0 spiro atoms. The van der Waals surface area contributed by atoms with E-state index < -0.39 is 0 Å². The van der Waals surface area contributed by atoms with Crippen LogP contribution in [0.25, 0.3) is 32.9 Å². The fraction of sp³-hybridized carbons (Fsp3) is 0.226. The number of benzene rings is 4. The number of hydrogen-bond acceptors (Lipinski definition) is 1. The van der Waals surface area contributed by atoms with Gasteiger partial charge in [0.05, 0.1) is 0 Å². The summed E-state index contributed by atoms with van der Waals surface area (Å²) in [5.74, 6) is 0. The molecule has 0 radical (unpaired) electrons. The molecule has 4 aromatic carbocycles. The highest BCUT2D eigenvalue weighted by atomic mass is 15.2. The highest BCUT2D eigenvalue weighted by molar-refractivity contribution is 6.09. The van der Waals surface area contributed by atoms with Gasteiger partial charge in [0.1, 0.15) is 0 Å². The van der Waals surface area contributed by atoms with Crippen LogP contribution in [-0.2, 0) is 0 Å². The second-order valence-corrected chi connectivity index (χ2v) is 10.1. The Morgan fingerprint density at radius 3 is 1.97 bits per heavy atom. The van der Waals surface area contributed by atoms with Crippen LogP contribution >= 0.6 is 0 Å². The molecule has 5 aromatic rings. The molecule has 0 amide bonds. The van der Waals surface area contributed by atoms with Gasteiger partial charge in [-0.2, -0.15) is 0 Å². The largest absolute Gasteiger partial charge is 0.338 e. The third-order valence-electron chi connectivity index (χ3n) is 6.35. The zero-order valence-corrected chi connectivity index (χ0v) is 20.2. The highest BCUT2D eigenvalue weighted by Gasteiger charge is 2.23. The van der Waals surface area contributed by atoms with Crippen molar-refractivity contribution in [3.63, 3.8) is 0 Å². The molecule has 0 unspecified atom stereocenters. The molecule has 5 rings (SSSR count). The molecular weight excluding hydrogens is 400 g/mol. The summed E-state index contributed by atoms with van der Waals surface area (Å²) in [6.07, 6.45) is 0. The average Bonchev–Trinajstić information content (AvgIpc) is 3.13. The number of fused-ring (bicyclic) bond motifs is 3. The molecule has 0 saturated heterocycles. The zero-order chi connectivity index (χ0) is 23.2. The van der Waals surface area contributed by atoms with Crippen LogP contribution in [0.4, 0.5) is 11.4 Å². The lowest BCUT2D eigenvalue weighted by Gasteiger charge is -2.38. The van der Waals surface area contributed by atoms with Crippen molar-refractivity contribution in [2.24, 2.45) is 0 Å². The molecule has 1 aromatic heterocycles. The number of hydrogen-bond donors (Lipinski definition) is 0. The minimum Gasteiger partial charge on any atom is -0.338 e. The van der Waals surface area contributed by atoms with Crippen LogP contribution in [0.2, 0.25) is 0 Å².